The van der Waals surface area contributed by atoms with Crippen LogP contribution in [0.2, 0.25) is 0 Å². The number of rotatable bonds is 1. The second-order valence-corrected chi connectivity index (χ2v) is 3.45. The van der Waals surface area contributed by atoms with Gasteiger partial charge in [-0.25, -0.2) is 4.79 Å². The monoisotopic (exact) mass is 224 g/mol. The van der Waals surface area contributed by atoms with E-state index in [4.69, 9.17) is 4.42 Å². The third kappa shape index (κ3) is 1.75. The Kier molecular flexibility index (Phi) is 2.28. The number of anilines is 1. The van der Waals surface area contributed by atoms with Crippen molar-refractivity contribution >= 4 is 34.7 Å². The summed E-state index contributed by atoms with van der Waals surface area (Å²) in [6, 6.07) is 4.91. The van der Waals surface area contributed by atoms with Gasteiger partial charge < -0.3 is 9.73 Å². The maximum Gasteiger partial charge on any atom is 0.419 e. The number of oxazole rings is 1. The molecule has 0 atom stereocenters. The summed E-state index contributed by atoms with van der Waals surface area (Å²) in [6.07, 6.45) is 0. The molecule has 1 aromatic heterocycles. The molecule has 0 radical (unpaired) electrons. The molecule has 0 spiro atoms. The van der Waals surface area contributed by atoms with E-state index in [2.05, 4.69) is 17.9 Å². The SMILES string of the molecule is Cn1c(=O)oc2ccc(NC(=O)S)cc21. The number of aromatic nitrogens is 1. The molecule has 0 saturated carbocycles. The van der Waals surface area contributed by atoms with E-state index in [1.165, 1.54) is 4.57 Å². The summed E-state index contributed by atoms with van der Waals surface area (Å²) in [5.74, 6) is -0.431. The number of amides is 1. The fourth-order valence-corrected chi connectivity index (χ4v) is 1.46. The summed E-state index contributed by atoms with van der Waals surface area (Å²) in [5, 5.41) is 2.05. The normalized spacial score (nSPS) is 10.5. The Morgan fingerprint density at radius 1 is 1.53 bits per heavy atom. The number of fused-ring (bicyclic) bond motifs is 1. The van der Waals surface area contributed by atoms with E-state index in [-0.39, 0.29) is 0 Å². The Morgan fingerprint density at radius 3 is 2.93 bits per heavy atom. The maximum atomic E-state index is 11.2. The summed E-state index contributed by atoms with van der Waals surface area (Å²) in [6.45, 7) is 0. The molecule has 5 nitrogen and oxygen atoms in total. The quantitative estimate of drug-likeness (QED) is 0.723. The van der Waals surface area contributed by atoms with Crippen molar-refractivity contribution in [3.8, 4) is 0 Å². The summed E-state index contributed by atoms with van der Waals surface area (Å²) >= 11 is 3.59. The molecule has 15 heavy (non-hydrogen) atoms. The first-order valence-electron chi connectivity index (χ1n) is 4.17. The zero-order valence-corrected chi connectivity index (χ0v) is 8.75. The second-order valence-electron chi connectivity index (χ2n) is 3.04. The molecule has 1 heterocycles. The van der Waals surface area contributed by atoms with Gasteiger partial charge in [-0.1, -0.05) is 12.6 Å². The predicted octanol–water partition coefficient (Wildman–Crippen LogP) is 1.59. The molecular formula is C9H8N2O3S. The lowest BCUT2D eigenvalue weighted by molar-refractivity contribution is 0.270. The third-order valence-corrected chi connectivity index (χ3v) is 2.15. The first-order valence-corrected chi connectivity index (χ1v) is 4.62. The lowest BCUT2D eigenvalue weighted by atomic mass is 10.3. The second kappa shape index (κ2) is 3.47. The first-order chi connectivity index (χ1) is 7.08. The van der Waals surface area contributed by atoms with Gasteiger partial charge in [0, 0.05) is 12.7 Å². The van der Waals surface area contributed by atoms with Crippen LogP contribution in [0.15, 0.2) is 27.4 Å². The number of hydrogen-bond acceptors (Lipinski definition) is 3. The van der Waals surface area contributed by atoms with Gasteiger partial charge >= 0.3 is 5.76 Å². The molecule has 0 bridgehead atoms. The van der Waals surface area contributed by atoms with Crippen LogP contribution in [0.25, 0.3) is 11.1 Å². The average Bonchev–Trinajstić information content (AvgIpc) is 2.43. The van der Waals surface area contributed by atoms with E-state index >= 15 is 0 Å². The Balaban J connectivity index is 2.59. The molecular weight excluding hydrogens is 216 g/mol. The maximum absolute atomic E-state index is 11.2. The molecule has 0 saturated heterocycles. The van der Waals surface area contributed by atoms with Gasteiger partial charge in [0.25, 0.3) is 5.24 Å². The number of carbonyl (C=O) groups is 1. The number of carbonyl (C=O) groups excluding carboxylic acids is 1. The highest BCUT2D eigenvalue weighted by molar-refractivity contribution is 7.96. The van der Waals surface area contributed by atoms with Gasteiger partial charge in [0.1, 0.15) is 0 Å². The van der Waals surface area contributed by atoms with Crippen LogP contribution in [0.3, 0.4) is 0 Å². The number of nitrogens with one attached hydrogen (secondary N) is 1. The molecule has 1 N–H and O–H groups in total. The molecule has 0 aliphatic carbocycles. The standard InChI is InChI=1S/C9H8N2O3S/c1-11-6-4-5(10-8(12)15)2-3-7(6)14-9(11)13/h2-4H,1H3,(H2,10,12,15). The van der Waals surface area contributed by atoms with Crippen molar-refractivity contribution in [1.29, 1.82) is 0 Å². The summed E-state index contributed by atoms with van der Waals surface area (Å²) in [7, 11) is 1.60. The molecule has 6 heteroatoms. The molecule has 0 fully saturated rings. The molecule has 1 amide bonds. The number of hydrogen-bond donors (Lipinski definition) is 2. The Hall–Kier alpha value is -1.69. The highest BCUT2D eigenvalue weighted by atomic mass is 32.1. The number of nitrogens with zero attached hydrogens (tertiary/aromatic N) is 1. The van der Waals surface area contributed by atoms with Crippen LogP contribution in [0.5, 0.6) is 0 Å². The van der Waals surface area contributed by atoms with Gasteiger partial charge in [-0.05, 0) is 18.2 Å². The van der Waals surface area contributed by atoms with Crippen molar-refractivity contribution in [2.75, 3.05) is 5.32 Å². The first kappa shape index (κ1) is 9.85. The largest absolute Gasteiger partial charge is 0.419 e. The van der Waals surface area contributed by atoms with Gasteiger partial charge in [0.15, 0.2) is 5.58 Å². The van der Waals surface area contributed by atoms with Crippen LogP contribution >= 0.6 is 12.6 Å². The fourth-order valence-electron chi connectivity index (χ4n) is 1.33. The molecule has 0 aliphatic heterocycles. The lowest BCUT2D eigenvalue weighted by Crippen LogP contribution is -2.08. The van der Waals surface area contributed by atoms with Crippen molar-refractivity contribution < 1.29 is 9.21 Å². The topological polar surface area (TPSA) is 64.2 Å². The van der Waals surface area contributed by atoms with E-state index in [0.717, 1.165) is 0 Å². The van der Waals surface area contributed by atoms with E-state index in [1.54, 1.807) is 25.2 Å². The summed E-state index contributed by atoms with van der Waals surface area (Å²) in [4.78, 5) is 21.9. The van der Waals surface area contributed by atoms with Crippen LogP contribution in [-0.4, -0.2) is 9.81 Å². The van der Waals surface area contributed by atoms with E-state index in [9.17, 15) is 9.59 Å². The van der Waals surface area contributed by atoms with Gasteiger partial charge in [0.2, 0.25) is 0 Å². The van der Waals surface area contributed by atoms with Crippen LogP contribution < -0.4 is 11.1 Å². The van der Waals surface area contributed by atoms with Gasteiger partial charge in [-0.3, -0.25) is 9.36 Å². The minimum atomic E-state index is -0.456. The Labute approximate surface area is 90.1 Å². The van der Waals surface area contributed by atoms with Crippen molar-refractivity contribution in [2.24, 2.45) is 7.05 Å². The van der Waals surface area contributed by atoms with E-state index < -0.39 is 11.0 Å². The molecule has 2 aromatic rings. The molecule has 1 aromatic carbocycles. The zero-order valence-electron chi connectivity index (χ0n) is 7.85. The highest BCUT2D eigenvalue weighted by Gasteiger charge is 2.06. The van der Waals surface area contributed by atoms with E-state index in [1.807, 2.05) is 0 Å². The highest BCUT2D eigenvalue weighted by Crippen LogP contribution is 2.17. The summed E-state index contributed by atoms with van der Waals surface area (Å²) < 4.78 is 6.30. The lowest BCUT2D eigenvalue weighted by Gasteiger charge is -2.00. The minimum absolute atomic E-state index is 0.431. The Bertz CT molecular complexity index is 585. The predicted molar refractivity (Wildman–Crippen MR) is 59.5 cm³/mol. The average molecular weight is 224 g/mol. The van der Waals surface area contributed by atoms with Crippen LogP contribution in [0.1, 0.15) is 0 Å². The number of aryl methyl sites for hydroxylation is 1. The summed E-state index contributed by atoms with van der Waals surface area (Å²) in [5.41, 5.74) is 1.68. The van der Waals surface area contributed by atoms with Crippen molar-refractivity contribution in [1.82, 2.24) is 4.57 Å². The fraction of sp³-hybridized carbons (Fsp3) is 0.111. The molecule has 0 unspecified atom stereocenters. The smallest absolute Gasteiger partial charge is 0.408 e. The van der Waals surface area contributed by atoms with Crippen molar-refractivity contribution in [2.45, 2.75) is 0 Å². The molecule has 2 rings (SSSR count). The number of thiol groups is 1. The number of benzene rings is 1. The van der Waals surface area contributed by atoms with E-state index in [0.29, 0.717) is 16.8 Å². The van der Waals surface area contributed by atoms with Crippen molar-refractivity contribution in [3.63, 3.8) is 0 Å². The van der Waals surface area contributed by atoms with Crippen LogP contribution in [0.4, 0.5) is 10.5 Å². The molecule has 0 aliphatic rings. The van der Waals surface area contributed by atoms with Crippen LogP contribution in [-0.2, 0) is 7.05 Å². The molecule has 78 valence electrons. The van der Waals surface area contributed by atoms with Gasteiger partial charge in [-0.15, -0.1) is 0 Å². The van der Waals surface area contributed by atoms with Gasteiger partial charge in [-0.2, -0.15) is 0 Å². The zero-order chi connectivity index (χ0) is 11.0. The van der Waals surface area contributed by atoms with Crippen LogP contribution in [0, 0.1) is 0 Å². The third-order valence-electron chi connectivity index (χ3n) is 2.04. The van der Waals surface area contributed by atoms with Crippen molar-refractivity contribution in [3.05, 3.63) is 28.7 Å². The minimum Gasteiger partial charge on any atom is -0.408 e. The van der Waals surface area contributed by atoms with Gasteiger partial charge in [0.05, 0.1) is 5.52 Å². The Morgan fingerprint density at radius 2 is 2.27 bits per heavy atom.